The van der Waals surface area contributed by atoms with E-state index in [1.807, 2.05) is 76.0 Å². The van der Waals surface area contributed by atoms with Crippen LogP contribution < -0.4 is 29.4 Å². The number of anilines is 6. The van der Waals surface area contributed by atoms with Crippen molar-refractivity contribution in [2.24, 2.45) is 5.41 Å². The van der Waals surface area contributed by atoms with Crippen LogP contribution in [0.15, 0.2) is 127 Å². The largest absolute Gasteiger partial charge is 0.459 e. The number of hydrogen-bond acceptors (Lipinski definition) is 21. The standard InChI is InChI=1S/C69H86N6O15/c1-14-69(42-85-36-54(76)38-89-67(83)60-34-52(74(10)11)28-31-57(60)65(81)46-17-23-49(24-18-46)71(4)5,43-86-37-55(77)39-90-68(84)61-35-53(75(12)13)29-32-58(61)66(82)47-19-25-50(26-20-47)72(6)7)44-87-41-63(79)88-40-62(78)59-33-51(73(8)9)27-30-56(59)64(80)45-15-21-48(22-16-45)70(2)3/h15-35,54-55,63,76-77,79H,14,36-44H2,1-13H3. The average Bonchev–Trinajstić information content (AvgIpc) is 2.28. The van der Waals surface area contributed by atoms with Gasteiger partial charge in [-0.15, -0.1) is 0 Å². The number of nitrogens with zero attached hydrogens (tertiary/aromatic N) is 6. The number of Topliss-reactive ketones (excluding diaryl/α,β-unsaturated/α-hetero) is 1. The third-order valence-corrected chi connectivity index (χ3v) is 15.0. The molecule has 0 spiro atoms. The van der Waals surface area contributed by atoms with Crippen LogP contribution in [0.25, 0.3) is 0 Å². The summed E-state index contributed by atoms with van der Waals surface area (Å²) in [4.78, 5) is 93.9. The topological polar surface area (TPSA) is 238 Å². The Morgan fingerprint density at radius 2 is 0.667 bits per heavy atom. The van der Waals surface area contributed by atoms with Crippen LogP contribution in [-0.2, 0) is 28.4 Å². The van der Waals surface area contributed by atoms with E-state index in [4.69, 9.17) is 28.4 Å². The van der Waals surface area contributed by atoms with Crippen LogP contribution in [0, 0.1) is 5.41 Å². The van der Waals surface area contributed by atoms with Crippen LogP contribution in [0.2, 0.25) is 0 Å². The van der Waals surface area contributed by atoms with E-state index in [1.165, 1.54) is 0 Å². The van der Waals surface area contributed by atoms with Crippen molar-refractivity contribution in [1.82, 2.24) is 0 Å². The molecule has 0 saturated carbocycles. The van der Waals surface area contributed by atoms with Gasteiger partial charge in [0.1, 0.15) is 32.0 Å². The molecule has 21 nitrogen and oxygen atoms in total. The molecule has 0 saturated heterocycles. The molecule has 6 rings (SSSR count). The molecule has 3 atom stereocenters. The molecule has 0 amide bonds. The van der Waals surface area contributed by atoms with Gasteiger partial charge in [0, 0.05) is 163 Å². The Labute approximate surface area is 527 Å². The zero-order chi connectivity index (χ0) is 66.0. The summed E-state index contributed by atoms with van der Waals surface area (Å²) < 4.78 is 35.0. The molecule has 6 aromatic rings. The number of hydrogen-bond donors (Lipinski definition) is 3. The zero-order valence-corrected chi connectivity index (χ0v) is 53.9. The van der Waals surface area contributed by atoms with E-state index in [0.717, 1.165) is 17.1 Å². The summed E-state index contributed by atoms with van der Waals surface area (Å²) in [5.74, 6) is -3.40. The van der Waals surface area contributed by atoms with Crippen molar-refractivity contribution in [3.8, 4) is 0 Å². The smallest absolute Gasteiger partial charge is 0.339 e. The van der Waals surface area contributed by atoms with Crippen molar-refractivity contribution in [3.05, 3.63) is 177 Å². The monoisotopic (exact) mass is 1240 g/mol. The number of aliphatic hydroxyl groups is 3. The van der Waals surface area contributed by atoms with Gasteiger partial charge in [-0.3, -0.25) is 19.2 Å². The van der Waals surface area contributed by atoms with Gasteiger partial charge in [0.05, 0.1) is 50.8 Å². The molecule has 0 bridgehead atoms. The fraction of sp³-hybridized carbons (Fsp3) is 0.391. The summed E-state index contributed by atoms with van der Waals surface area (Å²) >= 11 is 0. The van der Waals surface area contributed by atoms with E-state index < -0.39 is 79.6 Å². The van der Waals surface area contributed by atoms with Crippen molar-refractivity contribution in [1.29, 1.82) is 0 Å². The Kier molecular flexibility index (Phi) is 25.7. The van der Waals surface area contributed by atoms with E-state index in [2.05, 4.69) is 0 Å². The summed E-state index contributed by atoms with van der Waals surface area (Å²) in [5.41, 5.74) is 5.16. The third-order valence-electron chi connectivity index (χ3n) is 15.0. The molecule has 3 N–H and O–H groups in total. The molecule has 0 aromatic heterocycles. The minimum atomic E-state index is -1.62. The lowest BCUT2D eigenvalue weighted by Crippen LogP contribution is -2.40. The minimum Gasteiger partial charge on any atom is -0.459 e. The van der Waals surface area contributed by atoms with Gasteiger partial charge in [0.15, 0.2) is 29.4 Å². The third kappa shape index (κ3) is 19.2. The molecule has 21 heteroatoms. The van der Waals surface area contributed by atoms with Crippen LogP contribution in [0.1, 0.15) is 92.2 Å². The highest BCUT2D eigenvalue weighted by Crippen LogP contribution is 2.29. The highest BCUT2D eigenvalue weighted by molar-refractivity contribution is 6.17. The second kappa shape index (κ2) is 32.8. The van der Waals surface area contributed by atoms with Gasteiger partial charge in [-0.25, -0.2) is 9.59 Å². The number of benzene rings is 6. The Hall–Kier alpha value is -8.54. The Bertz CT molecular complexity index is 3050. The fourth-order valence-corrected chi connectivity index (χ4v) is 9.32. The molecule has 6 aromatic carbocycles. The van der Waals surface area contributed by atoms with E-state index in [1.54, 1.807) is 172 Å². The molecule has 0 fully saturated rings. The van der Waals surface area contributed by atoms with Crippen molar-refractivity contribution in [2.75, 3.05) is 173 Å². The SMILES string of the molecule is CCC(COCC(O)COC(=O)c1cc(N(C)C)ccc1C(=O)c1ccc(N(C)C)cc1)(COCC(O)COC(=O)c1cc(N(C)C)ccc1C(=O)c1ccc(N(C)C)cc1)COCC(O)OCC(=O)c1cc(N(C)C)ccc1C(=O)c1ccc(N(C)C)cc1. The second-order valence-electron chi connectivity index (χ2n) is 23.3. The maximum atomic E-state index is 13.9. The molecule has 0 aliphatic carbocycles. The lowest BCUT2D eigenvalue weighted by atomic mass is 9.88. The molecular formula is C69H86N6O15. The first kappa shape index (κ1) is 70.5. The quantitative estimate of drug-likeness (QED) is 0.0203. The molecule has 0 heterocycles. The molecule has 0 radical (unpaired) electrons. The van der Waals surface area contributed by atoms with Crippen molar-refractivity contribution in [2.45, 2.75) is 31.8 Å². The zero-order valence-electron chi connectivity index (χ0n) is 53.9. The van der Waals surface area contributed by atoms with Crippen LogP contribution in [0.3, 0.4) is 0 Å². The summed E-state index contributed by atoms with van der Waals surface area (Å²) in [7, 11) is 22.1. The maximum absolute atomic E-state index is 13.9. The van der Waals surface area contributed by atoms with Gasteiger partial charge in [-0.05, 0) is 134 Å². The Morgan fingerprint density at radius 3 is 0.978 bits per heavy atom. The van der Waals surface area contributed by atoms with E-state index >= 15 is 0 Å². The summed E-state index contributed by atoms with van der Waals surface area (Å²) in [6.45, 7) is -1.35. The van der Waals surface area contributed by atoms with Crippen LogP contribution >= 0.6 is 0 Å². The van der Waals surface area contributed by atoms with Gasteiger partial charge in [-0.2, -0.15) is 0 Å². The van der Waals surface area contributed by atoms with Crippen LogP contribution in [0.4, 0.5) is 34.1 Å². The fourth-order valence-electron chi connectivity index (χ4n) is 9.32. The molecule has 0 aliphatic rings. The van der Waals surface area contributed by atoms with E-state index in [0.29, 0.717) is 40.2 Å². The second-order valence-corrected chi connectivity index (χ2v) is 23.3. The summed E-state index contributed by atoms with van der Waals surface area (Å²) in [6.07, 6.45) is -4.01. The molecule has 482 valence electrons. The maximum Gasteiger partial charge on any atom is 0.339 e. The first-order chi connectivity index (χ1) is 42.7. The number of aliphatic hydroxyl groups excluding tert-OH is 3. The Balaban J connectivity index is 1.12. The number of carbonyl (C=O) groups is 6. The number of ether oxygens (including phenoxy) is 6. The van der Waals surface area contributed by atoms with Gasteiger partial charge < -0.3 is 73.1 Å². The van der Waals surface area contributed by atoms with Crippen LogP contribution in [0.5, 0.6) is 0 Å². The molecule has 3 unspecified atom stereocenters. The minimum absolute atomic E-state index is 0.00322. The van der Waals surface area contributed by atoms with Crippen molar-refractivity contribution >= 4 is 69.2 Å². The van der Waals surface area contributed by atoms with Crippen molar-refractivity contribution in [3.63, 3.8) is 0 Å². The van der Waals surface area contributed by atoms with E-state index in [-0.39, 0.29) is 72.2 Å². The Morgan fingerprint density at radius 1 is 0.378 bits per heavy atom. The summed E-state index contributed by atoms with van der Waals surface area (Å²) in [5, 5.41) is 33.4. The van der Waals surface area contributed by atoms with Gasteiger partial charge >= 0.3 is 11.9 Å². The molecular weight excluding hydrogens is 1150 g/mol. The van der Waals surface area contributed by atoms with E-state index in [9.17, 15) is 44.1 Å². The predicted molar refractivity (Wildman–Crippen MR) is 349 cm³/mol. The first-order valence-corrected chi connectivity index (χ1v) is 29.4. The lowest BCUT2D eigenvalue weighted by molar-refractivity contribution is -0.152. The van der Waals surface area contributed by atoms with Gasteiger partial charge in [-0.1, -0.05) is 6.92 Å². The van der Waals surface area contributed by atoms with Crippen molar-refractivity contribution < 1.29 is 72.5 Å². The number of carbonyl (C=O) groups excluding carboxylic acids is 6. The average molecular weight is 1240 g/mol. The lowest BCUT2D eigenvalue weighted by Gasteiger charge is -2.33. The van der Waals surface area contributed by atoms with Gasteiger partial charge in [0.2, 0.25) is 0 Å². The number of rotatable bonds is 35. The normalized spacial score (nSPS) is 12.8. The first-order valence-electron chi connectivity index (χ1n) is 29.4. The predicted octanol–water partition coefficient (Wildman–Crippen LogP) is 7.18. The highest BCUT2D eigenvalue weighted by atomic mass is 16.6. The number of esters is 2. The molecule has 90 heavy (non-hydrogen) atoms. The highest BCUT2D eigenvalue weighted by Gasteiger charge is 2.32. The van der Waals surface area contributed by atoms with Gasteiger partial charge in [0.25, 0.3) is 0 Å². The molecule has 0 aliphatic heterocycles. The number of ketones is 4. The summed E-state index contributed by atoms with van der Waals surface area (Å²) in [6, 6.07) is 35.5. The van der Waals surface area contributed by atoms with Crippen LogP contribution in [-0.4, -0.2) is 213 Å².